The SMILES string of the molecule is CC1CC2C[C@@H](C1)N2C(=O)Nc1ccc(Cl)c(-c2ncc(Cl)s2)c1. The van der Waals surface area contributed by atoms with Crippen LogP contribution < -0.4 is 5.32 Å². The molecule has 3 fully saturated rings. The summed E-state index contributed by atoms with van der Waals surface area (Å²) in [5, 5.41) is 4.34. The Morgan fingerprint density at radius 2 is 2.04 bits per heavy atom. The molecule has 1 aromatic heterocycles. The Kier molecular flexibility index (Phi) is 4.19. The molecule has 5 rings (SSSR count). The Morgan fingerprint density at radius 3 is 2.71 bits per heavy atom. The third kappa shape index (κ3) is 2.89. The van der Waals surface area contributed by atoms with Gasteiger partial charge in [0, 0.05) is 23.3 Å². The van der Waals surface area contributed by atoms with Gasteiger partial charge in [-0.1, -0.05) is 30.1 Å². The number of carbonyl (C=O) groups excluding carboxylic acids is 1. The highest BCUT2D eigenvalue weighted by molar-refractivity contribution is 7.19. The molecule has 0 spiro atoms. The van der Waals surface area contributed by atoms with Gasteiger partial charge in [-0.25, -0.2) is 9.78 Å². The number of fused-ring (bicyclic) bond motifs is 2. The number of nitrogens with zero attached hydrogens (tertiary/aromatic N) is 2. The van der Waals surface area contributed by atoms with E-state index in [0.29, 0.717) is 21.4 Å². The highest BCUT2D eigenvalue weighted by atomic mass is 35.5. The third-order valence-electron chi connectivity index (χ3n) is 4.84. The molecule has 2 aromatic rings. The smallest absolute Gasteiger partial charge is 0.318 e. The second kappa shape index (κ2) is 6.21. The molecular formula is C17H17Cl2N3OS. The van der Waals surface area contributed by atoms with Crippen LogP contribution in [0.3, 0.4) is 0 Å². The molecule has 3 aliphatic rings. The zero-order chi connectivity index (χ0) is 16.8. The fraction of sp³-hybridized carbons (Fsp3) is 0.412. The van der Waals surface area contributed by atoms with Gasteiger partial charge in [0.2, 0.25) is 0 Å². The first-order valence-corrected chi connectivity index (χ1v) is 9.59. The number of amides is 2. The Labute approximate surface area is 154 Å². The summed E-state index contributed by atoms with van der Waals surface area (Å²) in [6, 6.07) is 6.21. The third-order valence-corrected chi connectivity index (χ3v) is 6.32. The molecule has 2 aliphatic heterocycles. The minimum absolute atomic E-state index is 0.0198. The Bertz CT molecular complexity index is 782. The van der Waals surface area contributed by atoms with E-state index in [1.165, 1.54) is 11.3 Å². The van der Waals surface area contributed by atoms with E-state index in [1.807, 2.05) is 17.0 Å². The van der Waals surface area contributed by atoms with Crippen LogP contribution in [-0.4, -0.2) is 28.0 Å². The number of benzene rings is 1. The number of thiazole rings is 1. The predicted octanol–water partition coefficient (Wildman–Crippen LogP) is 5.52. The van der Waals surface area contributed by atoms with Crippen molar-refractivity contribution >= 4 is 46.3 Å². The molecule has 0 radical (unpaired) electrons. The van der Waals surface area contributed by atoms with Gasteiger partial charge in [-0.3, -0.25) is 0 Å². The van der Waals surface area contributed by atoms with Crippen molar-refractivity contribution in [1.29, 1.82) is 0 Å². The molecule has 3 heterocycles. The zero-order valence-corrected chi connectivity index (χ0v) is 15.5. The van der Waals surface area contributed by atoms with Crippen molar-refractivity contribution in [3.63, 3.8) is 0 Å². The molecule has 3 atom stereocenters. The standard InChI is InChI=1S/C17H17Cl2N3OS/c1-9-4-11-7-12(5-9)22(11)17(23)21-10-2-3-14(18)13(6-10)16-20-8-15(19)24-16/h2-3,6,8-9,11-12H,4-5,7H2,1H3,(H,21,23)/t9?,11-,12?/m1/s1. The number of nitrogens with one attached hydrogen (secondary N) is 1. The van der Waals surface area contributed by atoms with Crippen molar-refractivity contribution in [2.45, 2.75) is 38.3 Å². The lowest BCUT2D eigenvalue weighted by molar-refractivity contribution is -0.00600. The van der Waals surface area contributed by atoms with E-state index in [2.05, 4.69) is 17.2 Å². The van der Waals surface area contributed by atoms with Crippen molar-refractivity contribution in [2.75, 3.05) is 5.32 Å². The molecular weight excluding hydrogens is 365 g/mol. The second-order valence-corrected chi connectivity index (χ2v) is 8.69. The zero-order valence-electron chi connectivity index (χ0n) is 13.1. The molecule has 2 amide bonds. The van der Waals surface area contributed by atoms with Crippen LogP contribution >= 0.6 is 34.5 Å². The first-order valence-electron chi connectivity index (χ1n) is 8.02. The van der Waals surface area contributed by atoms with Crippen LogP contribution in [0, 0.1) is 5.92 Å². The summed E-state index contributed by atoms with van der Waals surface area (Å²) >= 11 is 13.6. The maximum absolute atomic E-state index is 12.6. The van der Waals surface area contributed by atoms with Crippen molar-refractivity contribution in [3.05, 3.63) is 33.8 Å². The molecule has 1 aliphatic carbocycles. The number of urea groups is 1. The van der Waals surface area contributed by atoms with Crippen LogP contribution in [0.15, 0.2) is 24.4 Å². The summed E-state index contributed by atoms with van der Waals surface area (Å²) in [6.07, 6.45) is 4.95. The summed E-state index contributed by atoms with van der Waals surface area (Å²) in [4.78, 5) is 18.9. The van der Waals surface area contributed by atoms with E-state index in [4.69, 9.17) is 23.2 Å². The van der Waals surface area contributed by atoms with Gasteiger partial charge in [-0.2, -0.15) is 0 Å². The predicted molar refractivity (Wildman–Crippen MR) is 99.0 cm³/mol. The van der Waals surface area contributed by atoms with Crippen LogP contribution in [0.5, 0.6) is 0 Å². The van der Waals surface area contributed by atoms with Crippen LogP contribution in [0.4, 0.5) is 10.5 Å². The molecule has 1 aromatic carbocycles. The Hall–Kier alpha value is -1.30. The number of anilines is 1. The summed E-state index contributed by atoms with van der Waals surface area (Å²) in [5.74, 6) is 0.717. The average Bonchev–Trinajstić information content (AvgIpc) is 2.95. The molecule has 126 valence electrons. The minimum atomic E-state index is -0.0198. The number of aromatic nitrogens is 1. The van der Waals surface area contributed by atoms with E-state index in [0.717, 1.165) is 41.4 Å². The molecule has 2 bridgehead atoms. The first-order chi connectivity index (χ1) is 11.5. The highest BCUT2D eigenvalue weighted by Crippen LogP contribution is 2.41. The van der Waals surface area contributed by atoms with Gasteiger partial charge in [-0.05, 0) is 43.4 Å². The quantitative estimate of drug-likeness (QED) is 0.743. The molecule has 1 saturated carbocycles. The lowest BCUT2D eigenvalue weighted by Crippen LogP contribution is -2.63. The van der Waals surface area contributed by atoms with Crippen molar-refractivity contribution in [1.82, 2.24) is 9.88 Å². The average molecular weight is 382 g/mol. The van der Waals surface area contributed by atoms with Gasteiger partial charge in [0.15, 0.2) is 0 Å². The van der Waals surface area contributed by atoms with E-state index in [-0.39, 0.29) is 6.03 Å². The lowest BCUT2D eigenvalue weighted by Gasteiger charge is -2.54. The topological polar surface area (TPSA) is 45.2 Å². The summed E-state index contributed by atoms with van der Waals surface area (Å²) in [6.45, 7) is 2.26. The van der Waals surface area contributed by atoms with E-state index in [9.17, 15) is 4.79 Å². The van der Waals surface area contributed by atoms with E-state index >= 15 is 0 Å². The van der Waals surface area contributed by atoms with Crippen LogP contribution in [0.1, 0.15) is 26.2 Å². The fourth-order valence-corrected chi connectivity index (χ4v) is 5.02. The number of hydrogen-bond donors (Lipinski definition) is 1. The highest BCUT2D eigenvalue weighted by Gasteiger charge is 2.46. The van der Waals surface area contributed by atoms with Crippen molar-refractivity contribution < 1.29 is 4.79 Å². The van der Waals surface area contributed by atoms with Gasteiger partial charge >= 0.3 is 6.03 Å². The number of carbonyl (C=O) groups is 1. The Balaban J connectivity index is 1.52. The lowest BCUT2D eigenvalue weighted by atomic mass is 9.74. The van der Waals surface area contributed by atoms with Gasteiger partial charge in [0.1, 0.15) is 9.34 Å². The number of halogens is 2. The Morgan fingerprint density at radius 1 is 1.29 bits per heavy atom. The minimum Gasteiger partial charge on any atom is -0.318 e. The van der Waals surface area contributed by atoms with Crippen molar-refractivity contribution in [2.24, 2.45) is 5.92 Å². The monoisotopic (exact) mass is 381 g/mol. The van der Waals surface area contributed by atoms with Crippen LogP contribution in [0.25, 0.3) is 10.6 Å². The summed E-state index contributed by atoms with van der Waals surface area (Å²) in [7, 11) is 0. The number of rotatable bonds is 2. The number of hydrogen-bond acceptors (Lipinski definition) is 3. The molecule has 4 nitrogen and oxygen atoms in total. The normalized spacial score (nSPS) is 25.3. The molecule has 7 heteroatoms. The van der Waals surface area contributed by atoms with E-state index in [1.54, 1.807) is 12.3 Å². The second-order valence-electron chi connectivity index (χ2n) is 6.62. The van der Waals surface area contributed by atoms with Crippen LogP contribution in [0.2, 0.25) is 9.36 Å². The van der Waals surface area contributed by atoms with Gasteiger partial charge in [0.05, 0.1) is 11.2 Å². The van der Waals surface area contributed by atoms with Crippen LogP contribution in [-0.2, 0) is 0 Å². The summed E-state index contributed by atoms with van der Waals surface area (Å²) in [5.41, 5.74) is 1.51. The maximum Gasteiger partial charge on any atom is 0.322 e. The van der Waals surface area contributed by atoms with Gasteiger partial charge < -0.3 is 10.2 Å². The maximum atomic E-state index is 12.6. The van der Waals surface area contributed by atoms with E-state index < -0.39 is 0 Å². The summed E-state index contributed by atoms with van der Waals surface area (Å²) < 4.78 is 0.609. The van der Waals surface area contributed by atoms with Gasteiger partial charge in [0.25, 0.3) is 0 Å². The molecule has 24 heavy (non-hydrogen) atoms. The first kappa shape index (κ1) is 16.2. The molecule has 2 saturated heterocycles. The fourth-order valence-electron chi connectivity index (χ4n) is 3.81. The largest absolute Gasteiger partial charge is 0.322 e. The van der Waals surface area contributed by atoms with Crippen molar-refractivity contribution in [3.8, 4) is 10.6 Å². The molecule has 1 N–H and O–H groups in total. The molecule has 2 unspecified atom stereocenters. The number of piperidine rings is 1. The van der Waals surface area contributed by atoms with Gasteiger partial charge in [-0.15, -0.1) is 11.3 Å².